The summed E-state index contributed by atoms with van der Waals surface area (Å²) in [5, 5.41) is 0. The van der Waals surface area contributed by atoms with Gasteiger partial charge in [0.15, 0.2) is 6.23 Å². The summed E-state index contributed by atoms with van der Waals surface area (Å²) >= 11 is 1.90. The van der Waals surface area contributed by atoms with Crippen molar-refractivity contribution < 1.29 is 56.2 Å². The van der Waals surface area contributed by atoms with Gasteiger partial charge in [0.2, 0.25) is 0 Å². The molecule has 1 heterocycles. The Hall–Kier alpha value is -0.393. The number of unbranched alkanes of at least 4 members (excludes halogenated alkanes) is 4. The summed E-state index contributed by atoms with van der Waals surface area (Å²) in [4.78, 5) is 30.3. The molecule has 1 amide bonds. The van der Waals surface area contributed by atoms with E-state index in [2.05, 4.69) is 37.8 Å². The Morgan fingerprint density at radius 3 is 2.30 bits per heavy atom. The third-order valence-corrected chi connectivity index (χ3v) is 7.22. The number of benzene rings is 1. The van der Waals surface area contributed by atoms with E-state index in [1.165, 1.54) is 34.6 Å². The van der Waals surface area contributed by atoms with E-state index in [4.69, 9.17) is 9.47 Å². The Balaban J connectivity index is 0. The Kier molecular flexibility index (Phi) is 22.9. The molecule has 1 radical (unpaired) electrons. The van der Waals surface area contributed by atoms with Crippen molar-refractivity contribution in [2.75, 3.05) is 27.2 Å². The van der Waals surface area contributed by atoms with E-state index < -0.39 is 0 Å². The van der Waals surface area contributed by atoms with Crippen molar-refractivity contribution in [1.82, 2.24) is 9.80 Å². The first-order valence-corrected chi connectivity index (χ1v) is 16.1. The first-order valence-electron chi connectivity index (χ1n) is 14.0. The molecule has 2 atom stereocenters. The summed E-state index contributed by atoms with van der Waals surface area (Å²) in [5.41, 5.74) is 2.26. The molecule has 0 aliphatic carbocycles. The molecular formula is C29H47BIN2O5PU-. The van der Waals surface area contributed by atoms with Crippen molar-refractivity contribution in [3.05, 3.63) is 47.2 Å². The molecule has 2 rings (SSSR count). The van der Waals surface area contributed by atoms with Crippen LogP contribution in [-0.2, 0) is 25.3 Å². The molecule has 0 spiro atoms. The second-order valence-corrected chi connectivity index (χ2v) is 12.6. The van der Waals surface area contributed by atoms with Crippen LogP contribution in [0.2, 0.25) is 0 Å². The van der Waals surface area contributed by atoms with E-state index in [9.17, 15) is 14.2 Å². The van der Waals surface area contributed by atoms with E-state index >= 15 is 0 Å². The Labute approximate surface area is 283 Å². The summed E-state index contributed by atoms with van der Waals surface area (Å²) < 4.78 is 20.8. The van der Waals surface area contributed by atoms with E-state index in [0.717, 1.165) is 44.2 Å². The second-order valence-electron chi connectivity index (χ2n) is 10.6. The van der Waals surface area contributed by atoms with Gasteiger partial charge in [-0.25, -0.2) is 4.79 Å². The third-order valence-electron chi connectivity index (χ3n) is 6.46. The molecule has 7 nitrogen and oxygen atoms in total. The normalized spacial score (nSPS) is 14.7. The Bertz CT molecular complexity index is 912. The average molecular weight is 910 g/mol. The predicted molar refractivity (Wildman–Crippen MR) is 170 cm³/mol. The predicted octanol–water partition coefficient (Wildman–Crippen LogP) is 7.87. The van der Waals surface area contributed by atoms with E-state index in [0.29, 0.717) is 18.2 Å². The van der Waals surface area contributed by atoms with Gasteiger partial charge in [-0.3, -0.25) is 14.3 Å². The van der Waals surface area contributed by atoms with Gasteiger partial charge in [-0.1, -0.05) is 70.7 Å². The van der Waals surface area contributed by atoms with Gasteiger partial charge >= 0.3 is 16.9 Å². The average Bonchev–Trinajstić information content (AvgIpc) is 2.92. The van der Waals surface area contributed by atoms with Gasteiger partial charge < -0.3 is 15.8 Å². The van der Waals surface area contributed by atoms with Gasteiger partial charge in [-0.05, 0) is 55.7 Å². The SMILES string of the molecule is CCCCCCCC(OC(=O)C(C)c1ccc(CC(C)C)cc1)N1CCC=C(OC(=O)N(C)C)C1.O=P[B]I.[H-].[U]. The smallest absolute Gasteiger partial charge is 0.414 e. The van der Waals surface area contributed by atoms with Crippen LogP contribution in [-0.4, -0.2) is 60.1 Å². The molecular weight excluding hydrogens is 863 g/mol. The summed E-state index contributed by atoms with van der Waals surface area (Å²) in [6, 6.07) is 8.33. The van der Waals surface area contributed by atoms with Crippen molar-refractivity contribution in [1.29, 1.82) is 0 Å². The van der Waals surface area contributed by atoms with Crippen LogP contribution in [0.5, 0.6) is 0 Å². The third kappa shape index (κ3) is 16.3. The monoisotopic (exact) mass is 910 g/mol. The number of rotatable bonds is 14. The molecule has 11 heteroatoms. The number of ether oxygens (including phenoxy) is 2. The molecule has 1 aliphatic heterocycles. The van der Waals surface area contributed by atoms with Crippen molar-refractivity contribution >= 4 is 47.6 Å². The van der Waals surface area contributed by atoms with Crippen molar-refractivity contribution in [2.24, 2.45) is 5.92 Å². The fourth-order valence-corrected chi connectivity index (χ4v) is 4.28. The summed E-state index contributed by atoms with van der Waals surface area (Å²) in [6.07, 6.45) is 9.56. The van der Waals surface area contributed by atoms with E-state index in [1.54, 1.807) is 14.1 Å². The van der Waals surface area contributed by atoms with Crippen LogP contribution in [0.25, 0.3) is 0 Å². The van der Waals surface area contributed by atoms with Crippen LogP contribution in [0.3, 0.4) is 0 Å². The zero-order chi connectivity index (χ0) is 29.2. The Morgan fingerprint density at radius 1 is 1.12 bits per heavy atom. The molecule has 40 heavy (non-hydrogen) atoms. The van der Waals surface area contributed by atoms with E-state index in [-0.39, 0.29) is 65.1 Å². The quantitative estimate of drug-likeness (QED) is 0.0623. The number of hydrogen-bond donors (Lipinski definition) is 0. The van der Waals surface area contributed by atoms with E-state index in [1.807, 2.05) is 47.5 Å². The number of hydrogen-bond acceptors (Lipinski definition) is 6. The van der Waals surface area contributed by atoms with Crippen LogP contribution < -0.4 is 0 Å². The fourth-order valence-electron chi connectivity index (χ4n) is 4.28. The van der Waals surface area contributed by atoms with Gasteiger partial charge in [0.05, 0.1) is 12.5 Å². The molecule has 0 bridgehead atoms. The maximum Gasteiger partial charge on any atom is 0.414 e. The maximum atomic E-state index is 13.2. The number of amides is 1. The minimum absolute atomic E-state index is 0. The number of nitrogens with zero attached hydrogens (tertiary/aromatic N) is 2. The molecule has 0 fully saturated rings. The van der Waals surface area contributed by atoms with Crippen LogP contribution in [0, 0.1) is 37.0 Å². The molecule has 0 aromatic heterocycles. The topological polar surface area (TPSA) is 76.2 Å². The molecule has 0 N–H and O–H groups in total. The largest absolute Gasteiger partial charge is 1.00 e. The fraction of sp³-hybridized carbons (Fsp3) is 0.655. The van der Waals surface area contributed by atoms with Crippen molar-refractivity contribution in [2.45, 2.75) is 91.2 Å². The Morgan fingerprint density at radius 2 is 1.75 bits per heavy atom. The molecule has 0 saturated carbocycles. The number of halogens is 1. The molecule has 1 aromatic rings. The molecule has 223 valence electrons. The molecule has 1 aliphatic rings. The number of esters is 1. The van der Waals surface area contributed by atoms with Crippen molar-refractivity contribution in [3.8, 4) is 0 Å². The second kappa shape index (κ2) is 23.1. The molecule has 0 saturated heterocycles. The minimum atomic E-state index is -0.388. The van der Waals surface area contributed by atoms with Crippen LogP contribution >= 0.6 is 30.7 Å². The standard InChI is InChI=1S/C29H46N2O4.BIOP.U.H/c1-7-8-9-10-11-14-27(31-19-12-13-26(21-31)34-29(33)30(5)6)35-28(32)23(4)25-17-15-24(16-18-25)20-22(2)3;2-1-4-3;;/h13,15-18,22-23,27H,7-12,14,19-21H2,1-6H3;;;/q;;;-1. The van der Waals surface area contributed by atoms with Crippen molar-refractivity contribution in [3.63, 3.8) is 0 Å². The summed E-state index contributed by atoms with van der Waals surface area (Å²) in [6.45, 7) is 9.77. The zero-order valence-electron chi connectivity index (χ0n) is 26.0. The minimum Gasteiger partial charge on any atom is -1.00 e. The summed E-state index contributed by atoms with van der Waals surface area (Å²) in [5.74, 6) is 0.677. The van der Waals surface area contributed by atoms with Gasteiger partial charge in [0.1, 0.15) is 14.1 Å². The number of carbonyl (C=O) groups excluding carboxylic acids is 2. The summed E-state index contributed by atoms with van der Waals surface area (Å²) in [7, 11) is 3.45. The van der Waals surface area contributed by atoms with Crippen LogP contribution in [0.4, 0.5) is 4.79 Å². The van der Waals surface area contributed by atoms with Gasteiger partial charge in [-0.2, -0.15) is 0 Å². The van der Waals surface area contributed by atoms with Gasteiger partial charge in [-0.15, -0.1) is 22.4 Å². The maximum absolute atomic E-state index is 13.2. The first kappa shape index (κ1) is 39.6. The van der Waals surface area contributed by atoms with Gasteiger partial charge in [0.25, 0.3) is 0 Å². The first-order chi connectivity index (χ1) is 18.6. The zero-order valence-corrected chi connectivity index (χ0v) is 32.2. The number of carbonyl (C=O) groups is 2. The van der Waals surface area contributed by atoms with Gasteiger partial charge in [0, 0.05) is 51.8 Å². The molecule has 2 unspecified atom stereocenters. The van der Waals surface area contributed by atoms with Crippen LogP contribution in [0.1, 0.15) is 91.1 Å². The van der Waals surface area contributed by atoms with Crippen LogP contribution in [0.15, 0.2) is 36.1 Å². The molecule has 1 aromatic carbocycles.